The largest absolute Gasteiger partial charge is 0.487 e. The number of ether oxygens (including phenoxy) is 2. The van der Waals surface area contributed by atoms with Gasteiger partial charge in [0.25, 0.3) is 5.88 Å². The third kappa shape index (κ3) is 2.49. The zero-order valence-corrected chi connectivity index (χ0v) is 8.47. The van der Waals surface area contributed by atoms with Crippen LogP contribution < -0.4 is 9.47 Å². The molecule has 0 aliphatic rings. The Balaban J connectivity index is 2.95. The molecule has 3 nitrogen and oxygen atoms in total. The van der Waals surface area contributed by atoms with E-state index in [2.05, 4.69) is 4.98 Å². The summed E-state index contributed by atoms with van der Waals surface area (Å²) in [5, 5.41) is 0.528. The predicted molar refractivity (Wildman–Crippen MR) is 51.6 cm³/mol. The van der Waals surface area contributed by atoms with E-state index in [1.165, 1.54) is 0 Å². The lowest BCUT2D eigenvalue weighted by Gasteiger charge is -2.09. The molecule has 13 heavy (non-hydrogen) atoms. The van der Waals surface area contributed by atoms with Crippen LogP contribution in [0, 0.1) is 0 Å². The van der Waals surface area contributed by atoms with Gasteiger partial charge in [0.15, 0.2) is 5.75 Å². The number of nitrogens with zero attached hydrogens (tertiary/aromatic N) is 1. The van der Waals surface area contributed by atoms with E-state index in [0.717, 1.165) is 0 Å². The van der Waals surface area contributed by atoms with E-state index in [1.807, 2.05) is 13.8 Å². The van der Waals surface area contributed by atoms with Crippen molar-refractivity contribution in [2.24, 2.45) is 0 Å². The lowest BCUT2D eigenvalue weighted by atomic mass is 10.4. The van der Waals surface area contributed by atoms with Gasteiger partial charge in [-0.1, -0.05) is 11.6 Å². The quantitative estimate of drug-likeness (QED) is 0.750. The molecular weight excluding hydrogens is 190 g/mol. The third-order valence-corrected chi connectivity index (χ3v) is 1.69. The van der Waals surface area contributed by atoms with Crippen LogP contribution in [0.5, 0.6) is 11.6 Å². The summed E-state index contributed by atoms with van der Waals surface area (Å²) in [5.41, 5.74) is 0. The summed E-state index contributed by atoms with van der Waals surface area (Å²) in [5.74, 6) is 0.977. The van der Waals surface area contributed by atoms with E-state index in [9.17, 15) is 0 Å². The van der Waals surface area contributed by atoms with E-state index < -0.39 is 0 Å². The Morgan fingerprint density at radius 2 is 2.00 bits per heavy atom. The molecule has 1 aromatic rings. The number of pyridine rings is 1. The van der Waals surface area contributed by atoms with Gasteiger partial charge < -0.3 is 9.47 Å². The van der Waals surface area contributed by atoms with E-state index in [4.69, 9.17) is 21.1 Å². The van der Waals surface area contributed by atoms with Crippen molar-refractivity contribution in [3.63, 3.8) is 0 Å². The molecule has 1 rings (SSSR count). The van der Waals surface area contributed by atoms with Crippen LogP contribution in [0.1, 0.15) is 13.8 Å². The molecule has 0 fully saturated rings. The van der Waals surface area contributed by atoms with Crippen molar-refractivity contribution in [1.29, 1.82) is 0 Å². The Bertz CT molecular complexity index is 278. The Morgan fingerprint density at radius 1 is 1.31 bits per heavy atom. The van der Waals surface area contributed by atoms with Crippen LogP contribution in [-0.4, -0.2) is 18.2 Å². The molecule has 0 unspecified atom stereocenters. The van der Waals surface area contributed by atoms with Crippen LogP contribution in [0.2, 0.25) is 5.02 Å². The second-order valence-electron chi connectivity index (χ2n) is 2.29. The Hall–Kier alpha value is -0.960. The number of hydrogen-bond acceptors (Lipinski definition) is 3. The maximum Gasteiger partial charge on any atom is 0.258 e. The molecule has 0 N–H and O–H groups in total. The highest BCUT2D eigenvalue weighted by molar-refractivity contribution is 6.32. The molecule has 0 spiro atoms. The molecule has 0 amide bonds. The third-order valence-electron chi connectivity index (χ3n) is 1.39. The minimum atomic E-state index is 0.455. The molecule has 72 valence electrons. The first-order valence-corrected chi connectivity index (χ1v) is 4.57. The zero-order chi connectivity index (χ0) is 9.68. The van der Waals surface area contributed by atoms with Crippen molar-refractivity contribution in [2.45, 2.75) is 13.8 Å². The molecule has 0 saturated carbocycles. The summed E-state index contributed by atoms with van der Waals surface area (Å²) in [6.07, 6.45) is 1.59. The highest BCUT2D eigenvalue weighted by Crippen LogP contribution is 2.32. The average Bonchev–Trinajstić information content (AvgIpc) is 2.11. The first-order valence-electron chi connectivity index (χ1n) is 4.19. The van der Waals surface area contributed by atoms with Crippen LogP contribution in [0.4, 0.5) is 0 Å². The van der Waals surface area contributed by atoms with Gasteiger partial charge in [0.05, 0.1) is 18.2 Å². The fraction of sp³-hybridized carbons (Fsp3) is 0.444. The predicted octanol–water partition coefficient (Wildman–Crippen LogP) is 2.53. The topological polar surface area (TPSA) is 31.4 Å². The van der Waals surface area contributed by atoms with Crippen molar-refractivity contribution < 1.29 is 9.47 Å². The molecule has 0 saturated heterocycles. The lowest BCUT2D eigenvalue weighted by molar-refractivity contribution is 0.278. The summed E-state index contributed by atoms with van der Waals surface area (Å²) in [4.78, 5) is 4.02. The number of rotatable bonds is 4. The van der Waals surface area contributed by atoms with Crippen LogP contribution >= 0.6 is 11.6 Å². The van der Waals surface area contributed by atoms with Gasteiger partial charge in [-0.25, -0.2) is 4.98 Å². The van der Waals surface area contributed by atoms with E-state index in [0.29, 0.717) is 29.9 Å². The molecule has 1 heterocycles. The maximum absolute atomic E-state index is 5.90. The molecule has 4 heteroatoms. The van der Waals surface area contributed by atoms with Crippen molar-refractivity contribution in [3.8, 4) is 11.6 Å². The number of hydrogen-bond donors (Lipinski definition) is 0. The Kier molecular flexibility index (Phi) is 3.83. The molecule has 0 atom stereocenters. The smallest absolute Gasteiger partial charge is 0.258 e. The van der Waals surface area contributed by atoms with Crippen LogP contribution in [0.15, 0.2) is 12.3 Å². The average molecular weight is 202 g/mol. The van der Waals surface area contributed by atoms with Gasteiger partial charge in [-0.2, -0.15) is 0 Å². The lowest BCUT2D eigenvalue weighted by Crippen LogP contribution is -2.00. The highest BCUT2D eigenvalue weighted by Gasteiger charge is 2.09. The van der Waals surface area contributed by atoms with Crippen molar-refractivity contribution >= 4 is 11.6 Å². The molecule has 0 aliphatic carbocycles. The van der Waals surface area contributed by atoms with Gasteiger partial charge in [-0.15, -0.1) is 0 Å². The molecule has 0 bridgehead atoms. The molecule has 0 radical (unpaired) electrons. The normalized spacial score (nSPS) is 9.77. The summed E-state index contributed by atoms with van der Waals surface area (Å²) in [6.45, 7) is 4.87. The number of halogens is 1. The maximum atomic E-state index is 5.90. The summed E-state index contributed by atoms with van der Waals surface area (Å²) < 4.78 is 10.6. The van der Waals surface area contributed by atoms with Gasteiger partial charge in [0.1, 0.15) is 0 Å². The minimum Gasteiger partial charge on any atom is -0.487 e. The fourth-order valence-electron chi connectivity index (χ4n) is 0.921. The second-order valence-corrected chi connectivity index (χ2v) is 2.70. The van der Waals surface area contributed by atoms with Crippen molar-refractivity contribution in [1.82, 2.24) is 4.98 Å². The Labute approximate surface area is 82.6 Å². The molecular formula is C9H12ClNO2. The monoisotopic (exact) mass is 201 g/mol. The number of aromatic nitrogens is 1. The van der Waals surface area contributed by atoms with Gasteiger partial charge >= 0.3 is 0 Å². The summed E-state index contributed by atoms with van der Waals surface area (Å²) in [6, 6.07) is 1.68. The van der Waals surface area contributed by atoms with Crippen LogP contribution in [0.25, 0.3) is 0 Å². The van der Waals surface area contributed by atoms with E-state index in [1.54, 1.807) is 12.3 Å². The molecule has 0 aromatic carbocycles. The molecule has 0 aliphatic heterocycles. The first-order chi connectivity index (χ1) is 6.29. The van der Waals surface area contributed by atoms with Gasteiger partial charge in [0.2, 0.25) is 0 Å². The second kappa shape index (κ2) is 4.92. The van der Waals surface area contributed by atoms with Crippen molar-refractivity contribution in [3.05, 3.63) is 17.3 Å². The van der Waals surface area contributed by atoms with Crippen LogP contribution in [-0.2, 0) is 0 Å². The molecule has 1 aromatic heterocycles. The first kappa shape index (κ1) is 10.1. The fourth-order valence-corrected chi connectivity index (χ4v) is 1.11. The highest BCUT2D eigenvalue weighted by atomic mass is 35.5. The standard InChI is InChI=1S/C9H12ClNO2/c1-3-12-8-7(10)5-6-11-9(8)13-4-2/h5-6H,3-4H2,1-2H3. The zero-order valence-electron chi connectivity index (χ0n) is 7.71. The van der Waals surface area contributed by atoms with Crippen LogP contribution in [0.3, 0.4) is 0 Å². The van der Waals surface area contributed by atoms with Gasteiger partial charge in [-0.3, -0.25) is 0 Å². The van der Waals surface area contributed by atoms with E-state index in [-0.39, 0.29) is 0 Å². The van der Waals surface area contributed by atoms with E-state index >= 15 is 0 Å². The van der Waals surface area contributed by atoms with Gasteiger partial charge in [-0.05, 0) is 19.9 Å². The Morgan fingerprint density at radius 3 is 2.62 bits per heavy atom. The summed E-state index contributed by atoms with van der Waals surface area (Å²) >= 11 is 5.90. The van der Waals surface area contributed by atoms with Crippen molar-refractivity contribution in [2.75, 3.05) is 13.2 Å². The SMILES string of the molecule is CCOc1nccc(Cl)c1OCC. The summed E-state index contributed by atoms with van der Waals surface area (Å²) in [7, 11) is 0. The minimum absolute atomic E-state index is 0.455. The van der Waals surface area contributed by atoms with Gasteiger partial charge in [0, 0.05) is 6.20 Å².